The van der Waals surface area contributed by atoms with Gasteiger partial charge in [-0.05, 0) is 31.7 Å². The van der Waals surface area contributed by atoms with Crippen LogP contribution in [0.1, 0.15) is 19.4 Å². The highest BCUT2D eigenvalue weighted by molar-refractivity contribution is 5.50. The zero-order valence-electron chi connectivity index (χ0n) is 8.93. The number of likely N-dealkylation sites (N-methyl/N-ethyl adjacent to an activating group) is 1. The smallest absolute Gasteiger partial charge is 0.130 e. The van der Waals surface area contributed by atoms with E-state index in [1.807, 2.05) is 13.8 Å². The van der Waals surface area contributed by atoms with Crippen LogP contribution >= 0.6 is 0 Å². The Hall–Kier alpha value is -1.22. The summed E-state index contributed by atoms with van der Waals surface area (Å²) < 4.78 is 26.0. The van der Waals surface area contributed by atoms with Gasteiger partial charge in [-0.25, -0.2) is 8.78 Å². The number of halogens is 2. The minimum absolute atomic E-state index is 0.151. The summed E-state index contributed by atoms with van der Waals surface area (Å²) in [6.45, 7) is 4.79. The van der Waals surface area contributed by atoms with E-state index in [4.69, 9.17) is 0 Å². The van der Waals surface area contributed by atoms with Gasteiger partial charge in [0.2, 0.25) is 0 Å². The second-order valence-corrected chi connectivity index (χ2v) is 3.37. The lowest BCUT2D eigenvalue weighted by Crippen LogP contribution is -2.22. The molecule has 0 bridgehead atoms. The van der Waals surface area contributed by atoms with Crippen LogP contribution in [0.25, 0.3) is 6.08 Å². The molecule has 0 aliphatic rings. The van der Waals surface area contributed by atoms with Crippen molar-refractivity contribution in [2.24, 2.45) is 0 Å². The number of benzene rings is 1. The highest BCUT2D eigenvalue weighted by atomic mass is 19.1. The Kier molecular flexibility index (Phi) is 4.43. The number of hydrogen-bond donors (Lipinski definition) is 1. The highest BCUT2D eigenvalue weighted by Crippen LogP contribution is 2.11. The van der Waals surface area contributed by atoms with E-state index in [1.54, 1.807) is 12.2 Å². The third-order valence-electron chi connectivity index (χ3n) is 2.05. The van der Waals surface area contributed by atoms with Gasteiger partial charge in [-0.3, -0.25) is 0 Å². The molecule has 1 aromatic rings. The van der Waals surface area contributed by atoms with E-state index < -0.39 is 11.6 Å². The molecule has 0 amide bonds. The van der Waals surface area contributed by atoms with Crippen molar-refractivity contribution in [3.8, 4) is 0 Å². The van der Waals surface area contributed by atoms with Crippen LogP contribution in [0.5, 0.6) is 0 Å². The van der Waals surface area contributed by atoms with E-state index in [-0.39, 0.29) is 11.6 Å². The van der Waals surface area contributed by atoms with Crippen LogP contribution in [0.4, 0.5) is 8.78 Å². The fraction of sp³-hybridized carbons (Fsp3) is 0.333. The van der Waals surface area contributed by atoms with Gasteiger partial charge in [0.15, 0.2) is 0 Å². The Morgan fingerprint density at radius 2 is 2.13 bits per heavy atom. The van der Waals surface area contributed by atoms with Gasteiger partial charge in [0.1, 0.15) is 11.6 Å². The van der Waals surface area contributed by atoms with Gasteiger partial charge in [0.05, 0.1) is 0 Å². The average molecular weight is 211 g/mol. The van der Waals surface area contributed by atoms with E-state index in [2.05, 4.69) is 5.32 Å². The summed E-state index contributed by atoms with van der Waals surface area (Å²) >= 11 is 0. The van der Waals surface area contributed by atoms with Crippen LogP contribution in [0, 0.1) is 11.6 Å². The van der Waals surface area contributed by atoms with E-state index in [1.165, 1.54) is 6.07 Å². The topological polar surface area (TPSA) is 12.0 Å². The molecule has 0 spiro atoms. The maximum atomic E-state index is 13.2. The summed E-state index contributed by atoms with van der Waals surface area (Å²) in [6.07, 6.45) is 3.40. The summed E-state index contributed by atoms with van der Waals surface area (Å²) in [5.41, 5.74) is 0.278. The van der Waals surface area contributed by atoms with Gasteiger partial charge in [0.25, 0.3) is 0 Å². The highest BCUT2D eigenvalue weighted by Gasteiger charge is 2.00. The van der Waals surface area contributed by atoms with E-state index in [0.717, 1.165) is 18.7 Å². The van der Waals surface area contributed by atoms with Crippen molar-refractivity contribution in [1.82, 2.24) is 5.32 Å². The molecule has 15 heavy (non-hydrogen) atoms. The van der Waals surface area contributed by atoms with Gasteiger partial charge >= 0.3 is 0 Å². The quantitative estimate of drug-likeness (QED) is 0.807. The predicted molar refractivity (Wildman–Crippen MR) is 58.5 cm³/mol. The molecule has 1 unspecified atom stereocenters. The van der Waals surface area contributed by atoms with Gasteiger partial charge in [-0.1, -0.05) is 19.1 Å². The van der Waals surface area contributed by atoms with Crippen molar-refractivity contribution in [3.63, 3.8) is 0 Å². The molecule has 0 radical (unpaired) electrons. The molecule has 0 saturated carbocycles. The summed E-state index contributed by atoms with van der Waals surface area (Å²) in [4.78, 5) is 0. The molecule has 1 aromatic carbocycles. The third kappa shape index (κ3) is 3.80. The summed E-state index contributed by atoms with van der Waals surface area (Å²) in [5, 5.41) is 3.15. The zero-order valence-corrected chi connectivity index (χ0v) is 8.93. The van der Waals surface area contributed by atoms with Crippen LogP contribution in [-0.2, 0) is 0 Å². The molecule has 0 saturated heterocycles. The minimum Gasteiger partial charge on any atom is -0.311 e. The van der Waals surface area contributed by atoms with Crippen LogP contribution in [0.3, 0.4) is 0 Å². The van der Waals surface area contributed by atoms with E-state index in [0.29, 0.717) is 0 Å². The predicted octanol–water partition coefficient (Wildman–Crippen LogP) is 2.98. The molecular weight excluding hydrogens is 196 g/mol. The molecular formula is C12H15F2N. The summed E-state index contributed by atoms with van der Waals surface area (Å²) in [7, 11) is 0. The molecule has 0 aliphatic heterocycles. The van der Waals surface area contributed by atoms with Crippen LogP contribution in [-0.4, -0.2) is 12.6 Å². The number of rotatable bonds is 4. The molecule has 1 N–H and O–H groups in total. The lowest BCUT2D eigenvalue weighted by molar-refractivity contribution is 0.597. The lowest BCUT2D eigenvalue weighted by atomic mass is 10.1. The van der Waals surface area contributed by atoms with Crippen molar-refractivity contribution < 1.29 is 8.78 Å². The molecule has 1 atom stereocenters. The molecule has 0 fully saturated rings. The van der Waals surface area contributed by atoms with E-state index >= 15 is 0 Å². The Morgan fingerprint density at radius 3 is 2.80 bits per heavy atom. The molecule has 0 aromatic heterocycles. The summed E-state index contributed by atoms with van der Waals surface area (Å²) in [5.74, 6) is -0.830. The standard InChI is InChI=1S/C12H15F2N/c1-3-15-9(2)4-5-10-8-11(13)6-7-12(10)14/h4-9,15H,3H2,1-2H3/b5-4+. The van der Waals surface area contributed by atoms with Crippen LogP contribution in [0.15, 0.2) is 24.3 Å². The van der Waals surface area contributed by atoms with Crippen LogP contribution < -0.4 is 5.32 Å². The van der Waals surface area contributed by atoms with Crippen molar-refractivity contribution in [1.29, 1.82) is 0 Å². The maximum Gasteiger partial charge on any atom is 0.130 e. The third-order valence-corrected chi connectivity index (χ3v) is 2.05. The Bertz CT molecular complexity index is 347. The fourth-order valence-corrected chi connectivity index (χ4v) is 1.28. The number of nitrogens with one attached hydrogen (secondary N) is 1. The summed E-state index contributed by atoms with van der Waals surface area (Å²) in [6, 6.07) is 3.58. The first-order chi connectivity index (χ1) is 7.13. The van der Waals surface area contributed by atoms with Crippen molar-refractivity contribution >= 4 is 6.08 Å². The molecule has 3 heteroatoms. The Labute approximate surface area is 88.8 Å². The maximum absolute atomic E-state index is 13.2. The molecule has 0 heterocycles. The van der Waals surface area contributed by atoms with E-state index in [9.17, 15) is 8.78 Å². The SMILES string of the molecule is CCNC(C)/C=C/c1cc(F)ccc1F. The van der Waals surface area contributed by atoms with Crippen molar-refractivity contribution in [2.75, 3.05) is 6.54 Å². The van der Waals surface area contributed by atoms with Gasteiger partial charge in [-0.2, -0.15) is 0 Å². The Morgan fingerprint density at radius 1 is 1.40 bits per heavy atom. The largest absolute Gasteiger partial charge is 0.311 e. The molecule has 0 aliphatic carbocycles. The minimum atomic E-state index is -0.424. The fourth-order valence-electron chi connectivity index (χ4n) is 1.28. The first-order valence-electron chi connectivity index (χ1n) is 5.00. The normalized spacial score (nSPS) is 13.3. The Balaban J connectivity index is 2.75. The molecule has 82 valence electrons. The molecule has 1 rings (SSSR count). The second kappa shape index (κ2) is 5.61. The first-order valence-corrected chi connectivity index (χ1v) is 5.00. The van der Waals surface area contributed by atoms with Gasteiger partial charge in [-0.15, -0.1) is 0 Å². The second-order valence-electron chi connectivity index (χ2n) is 3.37. The molecule has 1 nitrogen and oxygen atoms in total. The van der Waals surface area contributed by atoms with Crippen molar-refractivity contribution in [2.45, 2.75) is 19.9 Å². The first kappa shape index (κ1) is 11.9. The van der Waals surface area contributed by atoms with Crippen LogP contribution in [0.2, 0.25) is 0 Å². The monoisotopic (exact) mass is 211 g/mol. The van der Waals surface area contributed by atoms with Crippen molar-refractivity contribution in [3.05, 3.63) is 41.5 Å². The van der Waals surface area contributed by atoms with Gasteiger partial charge < -0.3 is 5.32 Å². The zero-order chi connectivity index (χ0) is 11.3. The number of hydrogen-bond acceptors (Lipinski definition) is 1. The lowest BCUT2D eigenvalue weighted by Gasteiger charge is -2.05. The van der Waals surface area contributed by atoms with Gasteiger partial charge in [0, 0.05) is 11.6 Å². The average Bonchev–Trinajstić information content (AvgIpc) is 2.20.